The molecule has 10 heteroatoms. The minimum atomic E-state index is -1.20. The van der Waals surface area contributed by atoms with Gasteiger partial charge in [0.15, 0.2) is 0 Å². The maximum absolute atomic E-state index is 16.0. The molecule has 0 bridgehead atoms. The number of carboxylic acid groups (broad SMARTS) is 1. The van der Waals surface area contributed by atoms with Crippen molar-refractivity contribution >= 4 is 51.8 Å². The Morgan fingerprint density at radius 1 is 1.15 bits per heavy atom. The summed E-state index contributed by atoms with van der Waals surface area (Å²) >= 11 is 12.7. The predicted molar refractivity (Wildman–Crippen MR) is 149 cm³/mol. The topological polar surface area (TPSA) is 87.5 Å². The zero-order valence-corrected chi connectivity index (χ0v) is 22.6. The van der Waals surface area contributed by atoms with E-state index in [9.17, 15) is 14.7 Å². The van der Waals surface area contributed by atoms with Crippen LogP contribution in [0.2, 0.25) is 10.0 Å². The van der Waals surface area contributed by atoms with Crippen molar-refractivity contribution in [2.75, 3.05) is 11.9 Å². The van der Waals surface area contributed by atoms with E-state index in [2.05, 4.69) is 14.8 Å². The van der Waals surface area contributed by atoms with Gasteiger partial charge in [0, 0.05) is 47.2 Å². The third-order valence-electron chi connectivity index (χ3n) is 9.22. The van der Waals surface area contributed by atoms with Gasteiger partial charge < -0.3 is 15.0 Å². The normalized spacial score (nSPS) is 26.8. The van der Waals surface area contributed by atoms with E-state index < -0.39 is 23.2 Å². The smallest absolute Gasteiger partial charge is 0.335 e. The summed E-state index contributed by atoms with van der Waals surface area (Å²) in [6.45, 7) is 1.18. The Morgan fingerprint density at radius 3 is 2.75 bits per heavy atom. The highest BCUT2D eigenvalue weighted by atomic mass is 35.5. The van der Waals surface area contributed by atoms with Crippen LogP contribution in [0, 0.1) is 11.7 Å². The third kappa shape index (κ3) is 3.12. The molecule has 4 aromatic rings. The molecule has 40 heavy (non-hydrogen) atoms. The van der Waals surface area contributed by atoms with Crippen LogP contribution in [0.4, 0.5) is 10.1 Å². The molecule has 1 aliphatic carbocycles. The average molecular weight is 577 g/mol. The molecule has 1 saturated heterocycles. The van der Waals surface area contributed by atoms with Crippen molar-refractivity contribution in [3.05, 3.63) is 93.0 Å². The minimum Gasteiger partial charge on any atom is -0.478 e. The number of likely N-dealkylation sites (tertiary alicyclic amines) is 1. The van der Waals surface area contributed by atoms with Gasteiger partial charge in [0.1, 0.15) is 17.2 Å². The zero-order valence-electron chi connectivity index (χ0n) is 21.1. The van der Waals surface area contributed by atoms with Gasteiger partial charge in [-0.25, -0.2) is 14.2 Å². The van der Waals surface area contributed by atoms with Gasteiger partial charge in [-0.05, 0) is 60.7 Å². The lowest BCUT2D eigenvalue weighted by Gasteiger charge is -2.40. The molecule has 3 aromatic carbocycles. The summed E-state index contributed by atoms with van der Waals surface area (Å²) in [6.07, 6.45) is 2.15. The standard InChI is InChI=1S/C30H23Cl2FN4O3/c31-16-7-8-18-21(11-16)35-29(40)30(18)25(17-2-1-3-19(32)26(17)33)24-23(37(30)12-14-4-5-14)13-36-22-10-15(28(38)39)6-9-20(22)34-27(24)36/h1-3,6-11,14,23-25H,4-5,12-13H2,(H,35,40)(H,38,39)/t23-,24+,25-,30+/m1/s1. The fourth-order valence-corrected chi connectivity index (χ4v) is 7.83. The second-order valence-electron chi connectivity index (χ2n) is 11.3. The van der Waals surface area contributed by atoms with Crippen LogP contribution in [0.3, 0.4) is 0 Å². The molecule has 3 aliphatic heterocycles. The third-order valence-corrected chi connectivity index (χ3v) is 9.75. The van der Waals surface area contributed by atoms with Crippen LogP contribution in [0.25, 0.3) is 11.0 Å². The van der Waals surface area contributed by atoms with E-state index in [-0.39, 0.29) is 28.5 Å². The van der Waals surface area contributed by atoms with Crippen LogP contribution >= 0.6 is 23.2 Å². The van der Waals surface area contributed by atoms with E-state index in [4.69, 9.17) is 28.2 Å². The Morgan fingerprint density at radius 2 is 1.98 bits per heavy atom. The number of imidazole rings is 1. The van der Waals surface area contributed by atoms with Crippen LogP contribution in [-0.4, -0.2) is 44.0 Å². The Labute approximate surface area is 238 Å². The summed E-state index contributed by atoms with van der Waals surface area (Å²) < 4.78 is 18.1. The van der Waals surface area contributed by atoms with Crippen LogP contribution in [0.1, 0.15) is 52.0 Å². The van der Waals surface area contributed by atoms with E-state index >= 15 is 4.39 Å². The predicted octanol–water partition coefficient (Wildman–Crippen LogP) is 6.00. The van der Waals surface area contributed by atoms with Crippen molar-refractivity contribution in [2.45, 2.75) is 42.8 Å². The van der Waals surface area contributed by atoms with Crippen LogP contribution in [0.5, 0.6) is 0 Å². The van der Waals surface area contributed by atoms with Crippen LogP contribution in [0.15, 0.2) is 54.6 Å². The van der Waals surface area contributed by atoms with E-state index in [0.717, 1.165) is 29.7 Å². The number of fused-ring (bicyclic) bond motifs is 7. The number of nitrogens with zero attached hydrogens (tertiary/aromatic N) is 3. The fraction of sp³-hybridized carbons (Fsp3) is 0.300. The molecular formula is C30H23Cl2FN4O3. The molecular weight excluding hydrogens is 554 g/mol. The van der Waals surface area contributed by atoms with Crippen molar-refractivity contribution in [3.63, 3.8) is 0 Å². The van der Waals surface area contributed by atoms with Gasteiger partial charge in [-0.3, -0.25) is 9.69 Å². The Kier molecular flexibility index (Phi) is 5.04. The number of aromatic carboxylic acids is 1. The van der Waals surface area contributed by atoms with Gasteiger partial charge in [-0.15, -0.1) is 0 Å². The molecule has 202 valence electrons. The highest BCUT2D eigenvalue weighted by Gasteiger charge is 2.69. The van der Waals surface area contributed by atoms with Gasteiger partial charge >= 0.3 is 5.97 Å². The molecule has 0 unspecified atom stereocenters. The van der Waals surface area contributed by atoms with Crippen molar-refractivity contribution in [1.82, 2.24) is 14.5 Å². The van der Waals surface area contributed by atoms with Crippen molar-refractivity contribution in [3.8, 4) is 0 Å². The number of benzene rings is 3. The van der Waals surface area contributed by atoms with Gasteiger partial charge in [-0.2, -0.15) is 0 Å². The monoisotopic (exact) mass is 576 g/mol. The number of amides is 1. The summed E-state index contributed by atoms with van der Waals surface area (Å²) in [5, 5.41) is 13.2. The number of hydrogen-bond donors (Lipinski definition) is 2. The number of rotatable bonds is 4. The van der Waals surface area contributed by atoms with Crippen molar-refractivity contribution in [1.29, 1.82) is 0 Å². The second kappa shape index (κ2) is 8.28. The van der Waals surface area contributed by atoms with Crippen LogP contribution < -0.4 is 5.32 Å². The molecule has 1 aromatic heterocycles. The maximum atomic E-state index is 16.0. The molecule has 4 aliphatic rings. The first-order valence-electron chi connectivity index (χ1n) is 13.3. The first-order valence-corrected chi connectivity index (χ1v) is 14.1. The summed E-state index contributed by atoms with van der Waals surface area (Å²) in [5.41, 5.74) is 2.14. The van der Waals surface area contributed by atoms with Gasteiger partial charge in [0.25, 0.3) is 0 Å². The first kappa shape index (κ1) is 24.3. The largest absolute Gasteiger partial charge is 0.478 e. The number of halogens is 3. The molecule has 1 saturated carbocycles. The molecule has 0 radical (unpaired) electrons. The fourth-order valence-electron chi connectivity index (χ4n) is 7.48. The van der Waals surface area contributed by atoms with E-state index in [0.29, 0.717) is 40.8 Å². The quantitative estimate of drug-likeness (QED) is 0.311. The lowest BCUT2D eigenvalue weighted by molar-refractivity contribution is -0.128. The number of hydrogen-bond acceptors (Lipinski definition) is 4. The summed E-state index contributed by atoms with van der Waals surface area (Å²) in [5.74, 6) is -1.60. The van der Waals surface area contributed by atoms with Crippen molar-refractivity contribution in [2.24, 2.45) is 5.92 Å². The minimum absolute atomic E-state index is 0.00261. The lowest BCUT2D eigenvalue weighted by atomic mass is 9.71. The lowest BCUT2D eigenvalue weighted by Crippen LogP contribution is -2.53. The average Bonchev–Trinajstić information content (AvgIpc) is 3.37. The molecule has 7 nitrogen and oxygen atoms in total. The molecule has 1 spiro atoms. The molecule has 8 rings (SSSR count). The van der Waals surface area contributed by atoms with Crippen molar-refractivity contribution < 1.29 is 19.1 Å². The zero-order chi connectivity index (χ0) is 27.5. The molecule has 4 heterocycles. The highest BCUT2D eigenvalue weighted by molar-refractivity contribution is 6.31. The Bertz CT molecular complexity index is 1790. The van der Waals surface area contributed by atoms with E-state index in [1.807, 2.05) is 6.07 Å². The Hall–Kier alpha value is -3.46. The van der Waals surface area contributed by atoms with Gasteiger partial charge in [0.2, 0.25) is 5.91 Å². The number of carbonyl (C=O) groups is 2. The van der Waals surface area contributed by atoms with E-state index in [1.165, 1.54) is 6.07 Å². The first-order chi connectivity index (χ1) is 19.3. The number of carboxylic acids is 1. The van der Waals surface area contributed by atoms with Crippen LogP contribution in [-0.2, 0) is 16.9 Å². The van der Waals surface area contributed by atoms with E-state index in [1.54, 1.807) is 42.5 Å². The highest BCUT2D eigenvalue weighted by Crippen LogP contribution is 2.65. The number of anilines is 1. The van der Waals surface area contributed by atoms with Gasteiger partial charge in [-0.1, -0.05) is 41.4 Å². The second-order valence-corrected chi connectivity index (χ2v) is 12.2. The molecule has 1 amide bonds. The summed E-state index contributed by atoms with van der Waals surface area (Å²) in [4.78, 5) is 33.4. The SMILES string of the molecule is O=C(O)c1ccc2nc3n(c2c1)C[C@@H]1[C@H]3[C@@H](c2cccc(Cl)c2F)[C@@]2(C(=O)Nc3cc(Cl)ccc32)N1CC1CC1. The summed E-state index contributed by atoms with van der Waals surface area (Å²) in [6, 6.07) is 15.1. The molecule has 4 atom stereocenters. The Balaban J connectivity index is 1.42. The number of carbonyl (C=O) groups excluding carboxylic acids is 1. The number of nitrogens with one attached hydrogen (secondary N) is 1. The number of aromatic nitrogens is 2. The molecule has 2 fully saturated rings. The van der Waals surface area contributed by atoms with Gasteiger partial charge in [0.05, 0.1) is 21.6 Å². The maximum Gasteiger partial charge on any atom is 0.335 e. The summed E-state index contributed by atoms with van der Waals surface area (Å²) in [7, 11) is 0. The molecule has 2 N–H and O–H groups in total.